The Hall–Kier alpha value is -2.08. The van der Waals surface area contributed by atoms with Gasteiger partial charge in [0.2, 0.25) is 0 Å². The Bertz CT molecular complexity index is 708. The van der Waals surface area contributed by atoms with Gasteiger partial charge in [-0.05, 0) is 45.2 Å². The van der Waals surface area contributed by atoms with Gasteiger partial charge in [0, 0.05) is 0 Å². The fourth-order valence-electron chi connectivity index (χ4n) is 2.54. The molecule has 0 heteroatoms. The first-order chi connectivity index (χ1) is 7.93. The van der Waals surface area contributed by atoms with Crippen molar-refractivity contribution < 1.29 is 0 Å². The van der Waals surface area contributed by atoms with Crippen LogP contribution in [-0.2, 0) is 0 Å². The largest absolute Gasteiger partial charge is 0.0616 e. The number of hydrogen-bond donors (Lipinski definition) is 0. The summed E-state index contributed by atoms with van der Waals surface area (Å²) in [4.78, 5) is 0. The lowest BCUT2D eigenvalue weighted by Crippen LogP contribution is -1.74. The van der Waals surface area contributed by atoms with Crippen LogP contribution in [0.5, 0.6) is 0 Å². The number of hydrogen-bond acceptors (Lipinski definition) is 0. The van der Waals surface area contributed by atoms with E-state index in [-0.39, 0.29) is 0 Å². The van der Waals surface area contributed by atoms with Gasteiger partial charge >= 0.3 is 0 Å². The van der Waals surface area contributed by atoms with Crippen LogP contribution >= 0.6 is 0 Å². The molecule has 1 aliphatic carbocycles. The molecule has 0 saturated carbocycles. The lowest BCUT2D eigenvalue weighted by molar-refractivity contribution is 1.72. The first-order valence-electron chi connectivity index (χ1n) is 5.48. The maximum atomic E-state index is 3.49. The Morgan fingerprint density at radius 1 is 0.750 bits per heavy atom. The maximum absolute atomic E-state index is 3.49. The third kappa shape index (κ3) is 0.892. The van der Waals surface area contributed by atoms with Crippen LogP contribution in [-0.4, -0.2) is 0 Å². The summed E-state index contributed by atoms with van der Waals surface area (Å²) in [7, 11) is 0. The van der Waals surface area contributed by atoms with Crippen molar-refractivity contribution >= 4 is 10.8 Å². The molecule has 0 fully saturated rings. The van der Waals surface area contributed by atoms with Crippen LogP contribution in [0.1, 0.15) is 0 Å². The Balaban J connectivity index is 2.24. The van der Waals surface area contributed by atoms with Crippen LogP contribution in [0.15, 0.2) is 54.6 Å². The molecule has 0 heterocycles. The summed E-state index contributed by atoms with van der Waals surface area (Å²) in [5, 5.41) is 2.61. The van der Waals surface area contributed by atoms with Crippen LogP contribution in [0.25, 0.3) is 33.0 Å². The Morgan fingerprint density at radius 2 is 1.50 bits per heavy atom. The van der Waals surface area contributed by atoms with Crippen LogP contribution in [0.2, 0.25) is 0 Å². The summed E-state index contributed by atoms with van der Waals surface area (Å²) < 4.78 is 0. The highest BCUT2D eigenvalue weighted by molar-refractivity contribution is 6.07. The molecule has 3 aromatic carbocycles. The van der Waals surface area contributed by atoms with Crippen LogP contribution < -0.4 is 0 Å². The standard InChI is InChI=1S/C16H9/c1-2-6-13-11(5-1)9-12-10-16(13)15-8-4-3-7-14(12)15/h1-9H. The van der Waals surface area contributed by atoms with E-state index in [2.05, 4.69) is 60.7 Å². The molecule has 0 N–H and O–H groups in total. The van der Waals surface area contributed by atoms with Gasteiger partial charge in [0.25, 0.3) is 0 Å². The fraction of sp³-hybridized carbons (Fsp3) is 0. The predicted molar refractivity (Wildman–Crippen MR) is 67.2 cm³/mol. The average Bonchev–Trinajstić information content (AvgIpc) is 2.65. The highest BCUT2D eigenvalue weighted by atomic mass is 14.2. The van der Waals surface area contributed by atoms with Crippen molar-refractivity contribution in [1.82, 2.24) is 0 Å². The highest BCUT2D eigenvalue weighted by Crippen LogP contribution is 2.43. The van der Waals surface area contributed by atoms with Crippen molar-refractivity contribution in [3.05, 3.63) is 60.7 Å². The second-order valence-electron chi connectivity index (χ2n) is 4.19. The van der Waals surface area contributed by atoms with Gasteiger partial charge in [0.05, 0.1) is 0 Å². The van der Waals surface area contributed by atoms with Crippen molar-refractivity contribution in [1.29, 1.82) is 0 Å². The minimum absolute atomic E-state index is 1.23. The van der Waals surface area contributed by atoms with E-state index in [9.17, 15) is 0 Å². The van der Waals surface area contributed by atoms with Gasteiger partial charge in [0.15, 0.2) is 0 Å². The van der Waals surface area contributed by atoms with Gasteiger partial charge in [-0.3, -0.25) is 0 Å². The first-order valence-corrected chi connectivity index (χ1v) is 5.48. The van der Waals surface area contributed by atoms with Crippen molar-refractivity contribution in [3.8, 4) is 22.3 Å². The van der Waals surface area contributed by atoms with E-state index in [0.29, 0.717) is 0 Å². The van der Waals surface area contributed by atoms with Gasteiger partial charge in [-0.25, -0.2) is 0 Å². The molecule has 0 saturated heterocycles. The minimum atomic E-state index is 1.23. The summed E-state index contributed by atoms with van der Waals surface area (Å²) in [6.07, 6.45) is 0. The van der Waals surface area contributed by atoms with E-state index in [4.69, 9.17) is 0 Å². The smallest absolute Gasteiger partial charge is 0.000719 e. The van der Waals surface area contributed by atoms with E-state index in [1.165, 1.54) is 33.0 Å². The summed E-state index contributed by atoms with van der Waals surface area (Å²) in [6.45, 7) is 0. The maximum Gasteiger partial charge on any atom is -0.000719 e. The first kappa shape index (κ1) is 8.12. The molecule has 4 rings (SSSR count). The minimum Gasteiger partial charge on any atom is -0.0616 e. The summed E-state index contributed by atoms with van der Waals surface area (Å²) in [6, 6.07) is 22.8. The zero-order chi connectivity index (χ0) is 10.5. The molecule has 0 aliphatic heterocycles. The quantitative estimate of drug-likeness (QED) is 0.398. The van der Waals surface area contributed by atoms with Gasteiger partial charge in [-0.15, -0.1) is 0 Å². The molecule has 73 valence electrons. The van der Waals surface area contributed by atoms with Gasteiger partial charge in [-0.2, -0.15) is 0 Å². The summed E-state index contributed by atoms with van der Waals surface area (Å²) >= 11 is 0. The van der Waals surface area contributed by atoms with Crippen molar-refractivity contribution in [2.45, 2.75) is 0 Å². The van der Waals surface area contributed by atoms with E-state index in [1.54, 1.807) is 0 Å². The zero-order valence-corrected chi connectivity index (χ0v) is 8.70. The molecule has 0 aromatic heterocycles. The van der Waals surface area contributed by atoms with E-state index < -0.39 is 0 Å². The second-order valence-corrected chi connectivity index (χ2v) is 4.19. The predicted octanol–water partition coefficient (Wildman–Crippen LogP) is 4.29. The van der Waals surface area contributed by atoms with E-state index in [0.717, 1.165) is 0 Å². The Labute approximate surface area is 94.2 Å². The molecule has 3 aromatic rings. The summed E-state index contributed by atoms with van der Waals surface area (Å²) in [5.74, 6) is 0. The molecule has 1 radical (unpaired) electrons. The lowest BCUT2D eigenvalue weighted by atomic mass is 10.0. The Kier molecular flexibility index (Phi) is 1.39. The van der Waals surface area contributed by atoms with Gasteiger partial charge in [0.1, 0.15) is 0 Å². The van der Waals surface area contributed by atoms with Crippen LogP contribution in [0.3, 0.4) is 0 Å². The molecular formula is C16H9. The van der Waals surface area contributed by atoms with Crippen LogP contribution in [0, 0.1) is 6.07 Å². The van der Waals surface area contributed by atoms with Crippen molar-refractivity contribution in [2.75, 3.05) is 0 Å². The number of fused-ring (bicyclic) bond motifs is 7. The van der Waals surface area contributed by atoms with Gasteiger partial charge in [-0.1, -0.05) is 48.5 Å². The third-order valence-electron chi connectivity index (χ3n) is 3.28. The molecule has 1 aliphatic rings. The van der Waals surface area contributed by atoms with E-state index in [1.807, 2.05) is 0 Å². The Morgan fingerprint density at radius 3 is 2.44 bits per heavy atom. The molecule has 0 spiro atoms. The van der Waals surface area contributed by atoms with E-state index >= 15 is 0 Å². The number of rotatable bonds is 0. The topological polar surface area (TPSA) is 0 Å². The zero-order valence-electron chi connectivity index (χ0n) is 8.70. The molecule has 16 heavy (non-hydrogen) atoms. The van der Waals surface area contributed by atoms with Crippen LogP contribution in [0.4, 0.5) is 0 Å². The van der Waals surface area contributed by atoms with Gasteiger partial charge < -0.3 is 0 Å². The second kappa shape index (κ2) is 2.73. The third-order valence-corrected chi connectivity index (χ3v) is 3.28. The molecule has 2 bridgehead atoms. The highest BCUT2D eigenvalue weighted by Gasteiger charge is 2.18. The van der Waals surface area contributed by atoms with Crippen molar-refractivity contribution in [3.63, 3.8) is 0 Å². The molecule has 0 nitrogen and oxygen atoms in total. The molecule has 0 atom stereocenters. The number of benzene rings is 3. The SMILES string of the molecule is [c]1c2cc3ccccc3c1-c1ccccc1-2. The monoisotopic (exact) mass is 201 g/mol. The van der Waals surface area contributed by atoms with Crippen molar-refractivity contribution in [2.24, 2.45) is 0 Å². The molecule has 0 unspecified atom stereocenters. The molecular weight excluding hydrogens is 192 g/mol. The summed E-state index contributed by atoms with van der Waals surface area (Å²) in [5.41, 5.74) is 5.11. The lowest BCUT2D eigenvalue weighted by Gasteiger charge is -2.00. The molecule has 0 amide bonds. The normalized spacial score (nSPS) is 11.8. The fourth-order valence-corrected chi connectivity index (χ4v) is 2.54. The average molecular weight is 201 g/mol.